The summed E-state index contributed by atoms with van der Waals surface area (Å²) in [5.74, 6) is 3.70. The van der Waals surface area contributed by atoms with Gasteiger partial charge in [-0.3, -0.25) is 0 Å². The predicted octanol–water partition coefficient (Wildman–Crippen LogP) is 6.69. The molecule has 0 aromatic rings. The Hall–Kier alpha value is -0.820. The van der Waals surface area contributed by atoms with Crippen LogP contribution in [-0.4, -0.2) is 11.2 Å². The zero-order valence-electron chi connectivity index (χ0n) is 18.2. The molecule has 4 aliphatic carbocycles. The molecule has 0 unspecified atom stereocenters. The Labute approximate surface area is 167 Å². The lowest BCUT2D eigenvalue weighted by atomic mass is 9.47. The Morgan fingerprint density at radius 2 is 1.70 bits per heavy atom. The van der Waals surface area contributed by atoms with Crippen molar-refractivity contribution < 1.29 is 5.11 Å². The fourth-order valence-corrected chi connectivity index (χ4v) is 7.44. The first-order valence-corrected chi connectivity index (χ1v) is 11.5. The summed E-state index contributed by atoms with van der Waals surface area (Å²) in [6.07, 6.45) is 18.3. The highest BCUT2D eigenvalue weighted by molar-refractivity contribution is 5.32. The maximum absolute atomic E-state index is 10.2. The molecule has 27 heavy (non-hydrogen) atoms. The Morgan fingerprint density at radius 3 is 2.44 bits per heavy atom. The van der Waals surface area contributed by atoms with E-state index in [2.05, 4.69) is 58.9 Å². The van der Waals surface area contributed by atoms with Gasteiger partial charge in [0.25, 0.3) is 0 Å². The largest absolute Gasteiger partial charge is 0.393 e. The van der Waals surface area contributed by atoms with E-state index in [1.165, 1.54) is 32.1 Å². The molecule has 150 valence electrons. The molecule has 0 amide bonds. The van der Waals surface area contributed by atoms with Crippen LogP contribution in [0.5, 0.6) is 0 Å². The molecular formula is C26H40O. The van der Waals surface area contributed by atoms with Crippen LogP contribution in [0.1, 0.15) is 79.6 Å². The normalized spacial score (nSPS) is 45.1. The average molecular weight is 369 g/mol. The van der Waals surface area contributed by atoms with E-state index in [9.17, 15) is 5.11 Å². The van der Waals surface area contributed by atoms with Gasteiger partial charge in [0.05, 0.1) is 6.10 Å². The van der Waals surface area contributed by atoms with Crippen LogP contribution in [0.15, 0.2) is 35.5 Å². The summed E-state index contributed by atoms with van der Waals surface area (Å²) in [5, 5.41) is 10.2. The molecular weight excluding hydrogens is 328 g/mol. The van der Waals surface area contributed by atoms with Gasteiger partial charge in [0.2, 0.25) is 0 Å². The molecule has 0 saturated heterocycles. The van der Waals surface area contributed by atoms with Crippen molar-refractivity contribution in [1.82, 2.24) is 0 Å². The van der Waals surface area contributed by atoms with E-state index >= 15 is 0 Å². The van der Waals surface area contributed by atoms with Crippen molar-refractivity contribution in [3.05, 3.63) is 35.5 Å². The summed E-state index contributed by atoms with van der Waals surface area (Å²) in [7, 11) is 0. The molecule has 0 heterocycles. The quantitative estimate of drug-likeness (QED) is 0.550. The van der Waals surface area contributed by atoms with Crippen LogP contribution in [0, 0.1) is 40.4 Å². The first-order chi connectivity index (χ1) is 12.8. The van der Waals surface area contributed by atoms with Crippen molar-refractivity contribution >= 4 is 0 Å². The molecule has 0 aromatic carbocycles. The number of hydrogen-bond acceptors (Lipinski definition) is 1. The van der Waals surface area contributed by atoms with E-state index in [-0.39, 0.29) is 6.10 Å². The third kappa shape index (κ3) is 3.09. The highest BCUT2D eigenvalue weighted by atomic mass is 16.3. The van der Waals surface area contributed by atoms with Crippen LogP contribution >= 0.6 is 0 Å². The summed E-state index contributed by atoms with van der Waals surface area (Å²) in [5.41, 5.74) is 4.07. The van der Waals surface area contributed by atoms with Crippen molar-refractivity contribution in [2.75, 3.05) is 0 Å². The van der Waals surface area contributed by atoms with Gasteiger partial charge in [-0.05, 0) is 85.4 Å². The number of hydrogen-bond donors (Lipinski definition) is 1. The fourth-order valence-electron chi connectivity index (χ4n) is 7.44. The molecule has 1 N–H and O–H groups in total. The van der Waals surface area contributed by atoms with Gasteiger partial charge in [-0.1, -0.05) is 70.1 Å². The molecule has 4 aliphatic rings. The molecule has 4 rings (SSSR count). The lowest BCUT2D eigenvalue weighted by molar-refractivity contribution is -0.0308. The van der Waals surface area contributed by atoms with Crippen molar-refractivity contribution in [3.63, 3.8) is 0 Å². The monoisotopic (exact) mass is 368 g/mol. The molecule has 0 aliphatic heterocycles. The molecule has 2 saturated carbocycles. The minimum atomic E-state index is -0.0944. The second-order valence-corrected chi connectivity index (χ2v) is 10.9. The zero-order chi connectivity index (χ0) is 19.4. The Kier molecular flexibility index (Phi) is 4.98. The first-order valence-electron chi connectivity index (χ1n) is 11.5. The van der Waals surface area contributed by atoms with Gasteiger partial charge in [-0.15, -0.1) is 0 Å². The zero-order valence-corrected chi connectivity index (χ0v) is 18.2. The number of aliphatic hydroxyl groups excluding tert-OH is 1. The highest BCUT2D eigenvalue weighted by Gasteiger charge is 2.56. The first kappa shape index (κ1) is 19.5. The smallest absolute Gasteiger partial charge is 0.0577 e. The number of aliphatic hydroxyl groups is 1. The van der Waals surface area contributed by atoms with Crippen molar-refractivity contribution in [1.29, 1.82) is 0 Å². The lowest BCUT2D eigenvalue weighted by Crippen LogP contribution is -2.50. The molecule has 0 aromatic heterocycles. The van der Waals surface area contributed by atoms with Crippen LogP contribution in [0.2, 0.25) is 0 Å². The Balaban J connectivity index is 1.58. The summed E-state index contributed by atoms with van der Waals surface area (Å²) in [6.45, 7) is 12.1. The Bertz CT molecular complexity index is 668. The van der Waals surface area contributed by atoms with Crippen LogP contribution in [-0.2, 0) is 0 Å². The standard InChI is InChI=1S/C26H40O/c1-17(2)6-7-18(3)22-10-11-23-21-9-8-19-16-20(27)12-14-25(19,4)24(21)13-15-26(22,23)5/h6-8,10,17-18,20-21,23-24,27H,9,11-16H2,1-5H3/b7-6+/t18-,20+,21+,23+,24+,25+,26-/m1/s1. The van der Waals surface area contributed by atoms with Crippen molar-refractivity contribution in [3.8, 4) is 0 Å². The predicted molar refractivity (Wildman–Crippen MR) is 114 cm³/mol. The second kappa shape index (κ2) is 6.90. The summed E-state index contributed by atoms with van der Waals surface area (Å²) in [6, 6.07) is 0. The molecule has 1 nitrogen and oxygen atoms in total. The highest BCUT2D eigenvalue weighted by Crippen LogP contribution is 2.65. The lowest BCUT2D eigenvalue weighted by Gasteiger charge is -2.58. The van der Waals surface area contributed by atoms with Crippen LogP contribution in [0.25, 0.3) is 0 Å². The van der Waals surface area contributed by atoms with Gasteiger partial charge < -0.3 is 5.11 Å². The van der Waals surface area contributed by atoms with Crippen molar-refractivity contribution in [2.24, 2.45) is 40.4 Å². The van der Waals surface area contributed by atoms with Crippen LogP contribution < -0.4 is 0 Å². The van der Waals surface area contributed by atoms with E-state index in [0.717, 1.165) is 30.6 Å². The molecule has 1 heteroatoms. The van der Waals surface area contributed by atoms with Crippen molar-refractivity contribution in [2.45, 2.75) is 85.7 Å². The molecule has 2 fully saturated rings. The third-order valence-electron chi connectivity index (χ3n) is 8.99. The summed E-state index contributed by atoms with van der Waals surface area (Å²) in [4.78, 5) is 0. The number of fused-ring (bicyclic) bond motifs is 5. The van der Waals surface area contributed by atoms with E-state index in [1.54, 1.807) is 11.1 Å². The second-order valence-electron chi connectivity index (χ2n) is 10.9. The Morgan fingerprint density at radius 1 is 0.963 bits per heavy atom. The fraction of sp³-hybridized carbons (Fsp3) is 0.769. The van der Waals surface area contributed by atoms with E-state index in [1.807, 2.05) is 0 Å². The molecule has 0 bridgehead atoms. The summed E-state index contributed by atoms with van der Waals surface area (Å²) < 4.78 is 0. The van der Waals surface area contributed by atoms with E-state index in [0.29, 0.717) is 22.7 Å². The number of allylic oxidation sites excluding steroid dienone is 5. The maximum atomic E-state index is 10.2. The molecule has 0 radical (unpaired) electrons. The number of rotatable bonds is 3. The molecule has 7 atom stereocenters. The van der Waals surface area contributed by atoms with Gasteiger partial charge in [-0.2, -0.15) is 0 Å². The van der Waals surface area contributed by atoms with Gasteiger partial charge in [0.1, 0.15) is 0 Å². The molecule has 0 spiro atoms. The SMILES string of the molecule is CC(C)/C=C/[C@@H](C)C1=CC[C@H]2[C@@H]3CC=C4C[C@@H](O)CC[C@]4(C)[C@H]3CC[C@]12C. The topological polar surface area (TPSA) is 20.2 Å². The van der Waals surface area contributed by atoms with Crippen LogP contribution in [0.4, 0.5) is 0 Å². The van der Waals surface area contributed by atoms with E-state index in [4.69, 9.17) is 0 Å². The third-order valence-corrected chi connectivity index (χ3v) is 8.99. The van der Waals surface area contributed by atoms with E-state index < -0.39 is 0 Å². The average Bonchev–Trinajstić information content (AvgIpc) is 2.97. The minimum Gasteiger partial charge on any atom is -0.393 e. The van der Waals surface area contributed by atoms with Crippen LogP contribution in [0.3, 0.4) is 0 Å². The maximum Gasteiger partial charge on any atom is 0.0577 e. The van der Waals surface area contributed by atoms with Gasteiger partial charge >= 0.3 is 0 Å². The van der Waals surface area contributed by atoms with Gasteiger partial charge in [-0.25, -0.2) is 0 Å². The minimum absolute atomic E-state index is 0.0944. The van der Waals surface area contributed by atoms with Gasteiger partial charge in [0, 0.05) is 0 Å². The summed E-state index contributed by atoms with van der Waals surface area (Å²) >= 11 is 0. The van der Waals surface area contributed by atoms with Gasteiger partial charge in [0.15, 0.2) is 0 Å².